The summed E-state index contributed by atoms with van der Waals surface area (Å²) in [5, 5.41) is 18.5. The van der Waals surface area contributed by atoms with Gasteiger partial charge in [-0.1, -0.05) is 72.8 Å². The largest absolute Gasteiger partial charge is 1.00 e. The number of benzene rings is 2. The maximum absolute atomic E-state index is 12.7. The molecule has 2 aromatic carbocycles. The molecule has 0 amide bonds. The van der Waals surface area contributed by atoms with Crippen LogP contribution in [0.4, 0.5) is 11.6 Å². The Labute approximate surface area is 444 Å². The summed E-state index contributed by atoms with van der Waals surface area (Å²) < 4.78 is 18.9. The minimum Gasteiger partial charge on any atom is -0.870 e. The first-order valence-electron chi connectivity index (χ1n) is 24.0. The average Bonchev–Trinajstić information content (AvgIpc) is 4.08. The Morgan fingerprint density at radius 2 is 0.960 bits per heavy atom. The topological polar surface area (TPSA) is 284 Å². The van der Waals surface area contributed by atoms with Gasteiger partial charge in [0.05, 0.1) is 53.4 Å². The molecule has 6 heterocycles. The van der Waals surface area contributed by atoms with Crippen molar-refractivity contribution in [2.24, 2.45) is 0 Å². The number of nitrogens with zero attached hydrogens (tertiary/aromatic N) is 8. The van der Waals surface area contributed by atoms with Gasteiger partial charge in [-0.25, -0.2) is 19.6 Å². The van der Waals surface area contributed by atoms with Gasteiger partial charge in [-0.3, -0.25) is 19.6 Å². The molecule has 0 bridgehead atoms. The number of nitrogen functional groups attached to an aromatic ring is 2. The molecule has 2 aliphatic carbocycles. The number of methoxy groups -OCH3 is 3. The Bertz CT molecular complexity index is 3350. The molecule has 2 fully saturated rings. The third-order valence-corrected chi connectivity index (χ3v) is 14.5. The molecule has 10 rings (SSSR count). The van der Waals surface area contributed by atoms with Crippen LogP contribution in [-0.4, -0.2) is 106 Å². The van der Waals surface area contributed by atoms with Gasteiger partial charge in [0, 0.05) is 71.8 Å². The van der Waals surface area contributed by atoms with E-state index in [1.807, 2.05) is 84.9 Å². The first-order valence-corrected chi connectivity index (χ1v) is 24.0. The van der Waals surface area contributed by atoms with E-state index in [0.717, 1.165) is 44.8 Å². The van der Waals surface area contributed by atoms with Gasteiger partial charge in [-0.2, -0.15) is 19.2 Å². The van der Waals surface area contributed by atoms with Gasteiger partial charge in [0.15, 0.2) is 34.1 Å². The van der Waals surface area contributed by atoms with Crippen LogP contribution in [0.5, 0.6) is 0 Å². The van der Waals surface area contributed by atoms with Gasteiger partial charge in [0.2, 0.25) is 0 Å². The van der Waals surface area contributed by atoms with Crippen molar-refractivity contribution in [1.82, 2.24) is 39.2 Å². The van der Waals surface area contributed by atoms with Gasteiger partial charge >= 0.3 is 30.8 Å². The fraction of sp³-hybridized carbons (Fsp3) is 0.309. The maximum Gasteiger partial charge on any atom is 1.00 e. The summed E-state index contributed by atoms with van der Waals surface area (Å²) in [5.41, 5.74) is 20.7. The molecule has 0 saturated heterocycles. The molecule has 75 heavy (non-hydrogen) atoms. The van der Waals surface area contributed by atoms with E-state index < -0.39 is 17.2 Å². The number of ether oxygens (including phenoxy) is 3. The van der Waals surface area contributed by atoms with E-state index in [1.54, 1.807) is 24.8 Å². The number of rotatable bonds is 12. The third kappa shape index (κ3) is 10.4. The van der Waals surface area contributed by atoms with Crippen molar-refractivity contribution < 1.29 is 62.8 Å². The Balaban J connectivity index is 0.000000213. The van der Waals surface area contributed by atoms with E-state index in [9.17, 15) is 24.3 Å². The first-order chi connectivity index (χ1) is 35.2. The summed E-state index contributed by atoms with van der Waals surface area (Å²) >= 11 is 0. The predicted octanol–water partition coefficient (Wildman–Crippen LogP) is 5.66. The van der Waals surface area contributed by atoms with E-state index in [4.69, 9.17) is 35.6 Å². The predicted molar refractivity (Wildman–Crippen MR) is 276 cm³/mol. The number of ketones is 2. The van der Waals surface area contributed by atoms with Gasteiger partial charge in [0.1, 0.15) is 11.6 Å². The summed E-state index contributed by atoms with van der Waals surface area (Å²) in [7, 11) is 4.31. The summed E-state index contributed by atoms with van der Waals surface area (Å²) in [4.78, 5) is 68.6. The molecule has 2 aliphatic rings. The summed E-state index contributed by atoms with van der Waals surface area (Å²) in [6, 6.07) is 27.7. The molecular formula is C55H57LiN10O9. The Hall–Kier alpha value is -7.66. The summed E-state index contributed by atoms with van der Waals surface area (Å²) in [5.74, 6) is -1.45. The monoisotopic (exact) mass is 1010 g/mol. The molecule has 6 N–H and O–H groups in total. The van der Waals surface area contributed by atoms with Crippen molar-refractivity contribution in [2.75, 3.05) is 32.8 Å². The van der Waals surface area contributed by atoms with Crippen molar-refractivity contribution in [2.45, 2.75) is 88.3 Å². The molecule has 0 unspecified atom stereocenters. The first kappa shape index (κ1) is 55.1. The number of aromatic nitrogens is 8. The van der Waals surface area contributed by atoms with Crippen LogP contribution in [0.2, 0.25) is 0 Å². The van der Waals surface area contributed by atoms with Crippen LogP contribution >= 0.6 is 0 Å². The molecule has 2 saturated carbocycles. The summed E-state index contributed by atoms with van der Waals surface area (Å²) in [6.07, 6.45) is 10.7. The fourth-order valence-corrected chi connectivity index (χ4v) is 10.3. The van der Waals surface area contributed by atoms with Crippen LogP contribution in [0, 0.1) is 0 Å². The SMILES string of the molecule is COC(=O)C1(OC)CCC(c2nc3c(-c4ccc(-c5ccccc5)nc4)cnn3c(N)c2C(C)=O)CC1.COC1(C(=O)O)CCC(c2nc3c(-c4ccc(-c5ccccc5)nc4)cnn3c(N)c2C(C)=O)CC1.[Li+].[OH-]. The number of fused-ring (bicyclic) bond motifs is 2. The number of carboxylic acid groups (broad SMARTS) is 1. The second-order valence-electron chi connectivity index (χ2n) is 18.6. The van der Waals surface area contributed by atoms with Crippen LogP contribution in [0.3, 0.4) is 0 Å². The van der Waals surface area contributed by atoms with E-state index in [2.05, 4.69) is 20.2 Å². The normalized spacial score (nSPS) is 19.2. The number of anilines is 2. The van der Waals surface area contributed by atoms with E-state index >= 15 is 0 Å². The van der Waals surface area contributed by atoms with Crippen LogP contribution in [0.25, 0.3) is 56.1 Å². The molecule has 0 radical (unpaired) electrons. The van der Waals surface area contributed by atoms with Gasteiger partial charge in [-0.05, 0) is 77.3 Å². The zero-order valence-corrected chi connectivity index (χ0v) is 42.7. The Morgan fingerprint density at radius 1 is 0.573 bits per heavy atom. The zero-order valence-electron chi connectivity index (χ0n) is 42.7. The van der Waals surface area contributed by atoms with Crippen molar-refractivity contribution in [3.05, 3.63) is 132 Å². The number of carboxylic acids is 1. The van der Waals surface area contributed by atoms with E-state index in [-0.39, 0.29) is 65.3 Å². The molecule has 0 spiro atoms. The van der Waals surface area contributed by atoms with Crippen LogP contribution in [0.15, 0.2) is 110 Å². The van der Waals surface area contributed by atoms with Crippen molar-refractivity contribution in [3.63, 3.8) is 0 Å². The second kappa shape index (κ2) is 22.8. The second-order valence-corrected chi connectivity index (χ2v) is 18.6. The van der Waals surface area contributed by atoms with Gasteiger partial charge < -0.3 is 36.3 Å². The number of hydrogen-bond acceptors (Lipinski definition) is 16. The van der Waals surface area contributed by atoms with E-state index in [1.165, 1.54) is 44.2 Å². The van der Waals surface area contributed by atoms with Crippen LogP contribution in [0.1, 0.15) is 109 Å². The van der Waals surface area contributed by atoms with Crippen molar-refractivity contribution in [1.29, 1.82) is 0 Å². The molecule has 0 aliphatic heterocycles. The van der Waals surface area contributed by atoms with Crippen molar-refractivity contribution in [3.8, 4) is 44.8 Å². The number of carbonyl (C=O) groups is 4. The zero-order chi connectivity index (χ0) is 51.6. The molecule has 6 aromatic heterocycles. The number of Topliss-reactive ketones (excluding diaryl/α,β-unsaturated/α-hetero) is 2. The summed E-state index contributed by atoms with van der Waals surface area (Å²) in [6.45, 7) is 2.94. The third-order valence-electron chi connectivity index (χ3n) is 14.5. The standard InChI is InChI=1S/C28H29N5O4.C27H27N5O4.Li.H2O/c1-17(34)23-24(19-11-13-28(37-3,14-12-19)27(35)36-2)32-26-21(16-31-33(26)25(23)29)20-9-10-22(30-15-20)18-7-5-4-6-8-18;1-16(33)22-23(18-10-12-27(36-2,13-11-18)26(34)35)31-25-20(15-30-32(25)24(22)28)19-8-9-21(29-14-19)17-6-4-3-5-7-17;;/h4-10,15-16,19H,11-14,29H2,1-3H3;3-9,14-15,18H,10-13,28H2,1-2H3,(H,34,35);;1H2/q;;+1;/p-1. The number of hydrogen-bond donors (Lipinski definition) is 3. The maximum atomic E-state index is 12.7. The van der Waals surface area contributed by atoms with Gasteiger partial charge in [-0.15, -0.1) is 0 Å². The molecule has 382 valence electrons. The van der Waals surface area contributed by atoms with Crippen molar-refractivity contribution >= 4 is 46.4 Å². The Morgan fingerprint density at radius 3 is 1.28 bits per heavy atom. The van der Waals surface area contributed by atoms with Crippen LogP contribution < -0.4 is 30.3 Å². The number of esters is 1. The quantitative estimate of drug-likeness (QED) is 0.0756. The molecule has 20 heteroatoms. The molecular weight excluding hydrogens is 952 g/mol. The minimum atomic E-state index is -1.21. The minimum absolute atomic E-state index is 0. The smallest absolute Gasteiger partial charge is 0.870 e. The Kier molecular flexibility index (Phi) is 16.8. The molecule has 19 nitrogen and oxygen atoms in total. The molecule has 8 aromatic rings. The van der Waals surface area contributed by atoms with Gasteiger partial charge in [0.25, 0.3) is 0 Å². The fourth-order valence-electron chi connectivity index (χ4n) is 10.3. The number of aliphatic carboxylic acids is 1. The number of nitrogens with two attached hydrogens (primary N) is 2. The van der Waals surface area contributed by atoms with E-state index in [0.29, 0.717) is 85.2 Å². The average molecular weight is 1010 g/mol. The molecule has 0 atom stereocenters. The number of carbonyl (C=O) groups excluding carboxylic acids is 3. The number of pyridine rings is 2. The van der Waals surface area contributed by atoms with Crippen LogP contribution in [-0.2, 0) is 23.8 Å².